The molecule has 0 aromatic heterocycles. The second-order valence-electron chi connectivity index (χ2n) is 6.00. The SMILES string of the molecule is COC(=O)C1CC(S(=O)(=O)C(F)(F)F)=CCN1C(=O)OC(C)(C)C. The molecule has 1 aliphatic rings. The number of carbonyl (C=O) groups excluding carboxylic acids is 2. The van der Waals surface area contributed by atoms with Gasteiger partial charge in [-0.05, 0) is 26.8 Å². The van der Waals surface area contributed by atoms with E-state index in [9.17, 15) is 31.2 Å². The number of halogens is 3. The fourth-order valence-corrected chi connectivity index (χ4v) is 2.92. The second kappa shape index (κ2) is 6.61. The molecule has 1 rings (SSSR count). The van der Waals surface area contributed by atoms with Crippen LogP contribution in [0, 0.1) is 0 Å². The van der Waals surface area contributed by atoms with E-state index >= 15 is 0 Å². The Morgan fingerprint density at radius 3 is 2.21 bits per heavy atom. The molecule has 0 spiro atoms. The number of nitrogens with zero attached hydrogens (tertiary/aromatic N) is 1. The Morgan fingerprint density at radius 2 is 1.79 bits per heavy atom. The molecule has 1 aliphatic heterocycles. The topological polar surface area (TPSA) is 90.0 Å². The summed E-state index contributed by atoms with van der Waals surface area (Å²) < 4.78 is 70.5. The standard InChI is InChI=1S/C13H18F3NO6S/c1-12(2,3)23-11(19)17-6-5-8(7-9(17)10(18)22-4)24(20,21)13(14,15)16/h5,9H,6-7H2,1-4H3. The Balaban J connectivity index is 3.18. The lowest BCUT2D eigenvalue weighted by Gasteiger charge is -2.34. The average molecular weight is 373 g/mol. The molecule has 7 nitrogen and oxygen atoms in total. The summed E-state index contributed by atoms with van der Waals surface area (Å²) in [6, 6.07) is -1.53. The predicted molar refractivity (Wildman–Crippen MR) is 76.4 cm³/mol. The fourth-order valence-electron chi connectivity index (χ4n) is 1.95. The minimum Gasteiger partial charge on any atom is -0.467 e. The van der Waals surface area contributed by atoms with Crippen LogP contribution in [-0.2, 0) is 24.1 Å². The molecule has 0 N–H and O–H groups in total. The summed E-state index contributed by atoms with van der Waals surface area (Å²) in [6.07, 6.45) is -1.06. The average Bonchev–Trinajstić information content (AvgIpc) is 2.42. The molecule has 1 atom stereocenters. The van der Waals surface area contributed by atoms with Gasteiger partial charge in [-0.25, -0.2) is 18.0 Å². The Labute approximate surface area is 137 Å². The molecule has 24 heavy (non-hydrogen) atoms. The maximum Gasteiger partial charge on any atom is 0.501 e. The first-order valence-corrected chi connectivity index (χ1v) is 8.27. The Hall–Kier alpha value is -1.78. The zero-order valence-electron chi connectivity index (χ0n) is 13.5. The van der Waals surface area contributed by atoms with E-state index in [1.807, 2.05) is 0 Å². The number of rotatable bonds is 2. The van der Waals surface area contributed by atoms with Crippen LogP contribution in [0.1, 0.15) is 27.2 Å². The summed E-state index contributed by atoms with van der Waals surface area (Å²) in [5.74, 6) is -1.04. The summed E-state index contributed by atoms with van der Waals surface area (Å²) >= 11 is 0. The summed E-state index contributed by atoms with van der Waals surface area (Å²) in [6.45, 7) is 4.17. The van der Waals surface area contributed by atoms with E-state index in [1.54, 1.807) is 20.8 Å². The van der Waals surface area contributed by atoms with Crippen molar-refractivity contribution in [2.75, 3.05) is 13.7 Å². The van der Waals surface area contributed by atoms with Crippen molar-refractivity contribution in [2.45, 2.75) is 44.3 Å². The first kappa shape index (κ1) is 20.3. The van der Waals surface area contributed by atoms with Crippen molar-refractivity contribution in [3.8, 4) is 0 Å². The van der Waals surface area contributed by atoms with Crippen molar-refractivity contribution < 1.29 is 40.7 Å². The molecular weight excluding hydrogens is 355 g/mol. The third kappa shape index (κ3) is 4.40. The monoisotopic (exact) mass is 373 g/mol. The van der Waals surface area contributed by atoms with Gasteiger partial charge in [-0.15, -0.1) is 0 Å². The highest BCUT2D eigenvalue weighted by molar-refractivity contribution is 7.96. The second-order valence-corrected chi connectivity index (χ2v) is 7.99. The number of sulfone groups is 1. The van der Waals surface area contributed by atoms with Gasteiger partial charge in [0, 0.05) is 13.0 Å². The van der Waals surface area contributed by atoms with E-state index in [-0.39, 0.29) is 0 Å². The number of hydrogen-bond acceptors (Lipinski definition) is 6. The minimum absolute atomic E-state index is 0.528. The highest BCUT2D eigenvalue weighted by Crippen LogP contribution is 2.34. The molecule has 0 aromatic rings. The quantitative estimate of drug-likeness (QED) is 0.688. The fraction of sp³-hybridized carbons (Fsp3) is 0.692. The smallest absolute Gasteiger partial charge is 0.467 e. The van der Waals surface area contributed by atoms with Crippen molar-refractivity contribution >= 4 is 21.9 Å². The van der Waals surface area contributed by atoms with Crippen LogP contribution >= 0.6 is 0 Å². The molecule has 0 aromatic carbocycles. The number of alkyl halides is 3. The van der Waals surface area contributed by atoms with E-state index in [4.69, 9.17) is 4.74 Å². The van der Waals surface area contributed by atoms with Gasteiger partial charge in [-0.2, -0.15) is 13.2 Å². The van der Waals surface area contributed by atoms with Crippen molar-refractivity contribution in [3.63, 3.8) is 0 Å². The van der Waals surface area contributed by atoms with Gasteiger partial charge in [-0.1, -0.05) is 0 Å². The molecule has 0 bridgehead atoms. The van der Waals surface area contributed by atoms with Gasteiger partial charge >= 0.3 is 17.6 Å². The van der Waals surface area contributed by atoms with Crippen LogP contribution in [0.15, 0.2) is 11.0 Å². The van der Waals surface area contributed by atoms with E-state index in [0.29, 0.717) is 0 Å². The van der Waals surface area contributed by atoms with Gasteiger partial charge in [0.2, 0.25) is 0 Å². The number of methoxy groups -OCH3 is 1. The van der Waals surface area contributed by atoms with E-state index < -0.39 is 56.9 Å². The molecule has 0 saturated carbocycles. The van der Waals surface area contributed by atoms with Crippen LogP contribution in [0.5, 0.6) is 0 Å². The van der Waals surface area contributed by atoms with Crippen LogP contribution in [0.25, 0.3) is 0 Å². The van der Waals surface area contributed by atoms with Crippen LogP contribution in [0.2, 0.25) is 0 Å². The van der Waals surface area contributed by atoms with Crippen molar-refractivity contribution in [2.24, 2.45) is 0 Å². The maximum absolute atomic E-state index is 12.7. The van der Waals surface area contributed by atoms with Gasteiger partial charge in [0.15, 0.2) is 0 Å². The number of carbonyl (C=O) groups is 2. The van der Waals surface area contributed by atoms with Gasteiger partial charge in [0.1, 0.15) is 11.6 Å². The maximum atomic E-state index is 12.7. The van der Waals surface area contributed by atoms with Crippen LogP contribution < -0.4 is 0 Å². The molecule has 11 heteroatoms. The Kier molecular flexibility index (Phi) is 5.58. The molecular formula is C13H18F3NO6S. The van der Waals surface area contributed by atoms with Crippen molar-refractivity contribution in [3.05, 3.63) is 11.0 Å². The van der Waals surface area contributed by atoms with Gasteiger partial charge in [0.25, 0.3) is 9.84 Å². The van der Waals surface area contributed by atoms with Crippen LogP contribution in [-0.4, -0.2) is 56.2 Å². The van der Waals surface area contributed by atoms with Crippen molar-refractivity contribution in [1.29, 1.82) is 0 Å². The summed E-state index contributed by atoms with van der Waals surface area (Å²) in [5.41, 5.74) is -6.40. The zero-order chi connectivity index (χ0) is 18.9. The summed E-state index contributed by atoms with van der Waals surface area (Å²) in [5, 5.41) is 0. The van der Waals surface area contributed by atoms with E-state index in [0.717, 1.165) is 18.1 Å². The lowest BCUT2D eigenvalue weighted by molar-refractivity contribution is -0.146. The summed E-state index contributed by atoms with van der Waals surface area (Å²) in [7, 11) is -4.61. The number of esters is 1. The van der Waals surface area contributed by atoms with E-state index in [1.165, 1.54) is 0 Å². The highest BCUT2D eigenvalue weighted by atomic mass is 32.2. The number of ether oxygens (including phenoxy) is 2. The van der Waals surface area contributed by atoms with Gasteiger partial charge in [-0.3, -0.25) is 4.90 Å². The van der Waals surface area contributed by atoms with Gasteiger partial charge in [0.05, 0.1) is 12.0 Å². The van der Waals surface area contributed by atoms with E-state index in [2.05, 4.69) is 4.74 Å². The molecule has 0 aliphatic carbocycles. The predicted octanol–water partition coefficient (Wildman–Crippen LogP) is 1.99. The van der Waals surface area contributed by atoms with Crippen molar-refractivity contribution in [1.82, 2.24) is 4.90 Å². The molecule has 1 heterocycles. The van der Waals surface area contributed by atoms with Crippen LogP contribution in [0.3, 0.4) is 0 Å². The molecule has 1 unspecified atom stereocenters. The first-order valence-electron chi connectivity index (χ1n) is 6.78. The Morgan fingerprint density at radius 1 is 1.25 bits per heavy atom. The number of amides is 1. The molecule has 138 valence electrons. The molecule has 0 radical (unpaired) electrons. The largest absolute Gasteiger partial charge is 0.501 e. The molecule has 0 saturated heterocycles. The minimum atomic E-state index is -5.58. The third-order valence-electron chi connectivity index (χ3n) is 3.04. The van der Waals surface area contributed by atoms with Gasteiger partial charge < -0.3 is 9.47 Å². The number of hydrogen-bond donors (Lipinski definition) is 0. The Bertz CT molecular complexity index is 648. The van der Waals surface area contributed by atoms with Crippen LogP contribution in [0.4, 0.5) is 18.0 Å². The molecule has 0 fully saturated rings. The molecule has 1 amide bonds. The zero-order valence-corrected chi connectivity index (χ0v) is 14.3. The highest BCUT2D eigenvalue weighted by Gasteiger charge is 2.50. The summed E-state index contributed by atoms with van der Waals surface area (Å²) in [4.78, 5) is 23.7. The third-order valence-corrected chi connectivity index (χ3v) is 4.67. The lowest BCUT2D eigenvalue weighted by Crippen LogP contribution is -2.50. The first-order chi connectivity index (χ1) is 10.7. The lowest BCUT2D eigenvalue weighted by atomic mass is 10.1. The normalized spacial score (nSPS) is 19.5.